The summed E-state index contributed by atoms with van der Waals surface area (Å²) in [4.78, 5) is 11.9. The Morgan fingerprint density at radius 3 is 2.62 bits per heavy atom. The molecule has 0 bridgehead atoms. The smallest absolute Gasteiger partial charge is 0.322 e. The number of hydrogen-bond acceptors (Lipinski definition) is 3. The fourth-order valence-electron chi connectivity index (χ4n) is 4.34. The molecule has 3 unspecified atom stereocenters. The first-order chi connectivity index (χ1) is 11.5. The third-order valence-corrected chi connectivity index (χ3v) is 7.36. The first-order valence-corrected chi connectivity index (χ1v) is 9.68. The number of carboxylic acids is 1. The molecule has 1 N–H and O–H groups in total. The summed E-state index contributed by atoms with van der Waals surface area (Å²) in [5, 5.41) is 11.0. The van der Waals surface area contributed by atoms with Crippen molar-refractivity contribution in [1.29, 1.82) is 0 Å². The second-order valence-corrected chi connectivity index (χ2v) is 8.47. The van der Waals surface area contributed by atoms with Crippen molar-refractivity contribution >= 4 is 26.8 Å². The van der Waals surface area contributed by atoms with Gasteiger partial charge in [0.15, 0.2) is 0 Å². The number of aliphatic carboxylic acids is 1. The molecule has 5 nitrogen and oxygen atoms in total. The molecule has 24 heavy (non-hydrogen) atoms. The molecule has 1 aliphatic heterocycles. The lowest BCUT2D eigenvalue weighted by molar-refractivity contribution is -0.141. The van der Waals surface area contributed by atoms with E-state index in [1.807, 2.05) is 18.2 Å². The Morgan fingerprint density at radius 1 is 1.08 bits per heavy atom. The van der Waals surface area contributed by atoms with E-state index in [1.54, 1.807) is 24.3 Å². The minimum absolute atomic E-state index is 0.163. The van der Waals surface area contributed by atoms with E-state index in [2.05, 4.69) is 0 Å². The summed E-state index contributed by atoms with van der Waals surface area (Å²) in [7, 11) is -3.86. The summed E-state index contributed by atoms with van der Waals surface area (Å²) >= 11 is 0. The summed E-state index contributed by atoms with van der Waals surface area (Å²) in [5.41, 5.74) is 0. The van der Waals surface area contributed by atoms with Crippen molar-refractivity contribution in [3.63, 3.8) is 0 Å². The molecule has 3 atom stereocenters. The lowest BCUT2D eigenvalue weighted by atomic mass is 10.0. The van der Waals surface area contributed by atoms with Crippen molar-refractivity contribution in [1.82, 2.24) is 4.31 Å². The minimum Gasteiger partial charge on any atom is -0.480 e. The summed E-state index contributed by atoms with van der Waals surface area (Å²) in [6.07, 6.45) is 3.04. The molecule has 0 spiro atoms. The molecule has 0 aromatic heterocycles. The van der Waals surface area contributed by atoms with Crippen LogP contribution in [0.3, 0.4) is 0 Å². The van der Waals surface area contributed by atoms with Gasteiger partial charge in [-0.2, -0.15) is 4.31 Å². The highest BCUT2D eigenvalue weighted by atomic mass is 32.2. The largest absolute Gasteiger partial charge is 0.480 e. The van der Waals surface area contributed by atoms with Gasteiger partial charge in [0, 0.05) is 11.4 Å². The minimum atomic E-state index is -3.86. The van der Waals surface area contributed by atoms with Crippen molar-refractivity contribution in [2.75, 3.05) is 0 Å². The molecule has 0 amide bonds. The van der Waals surface area contributed by atoms with Crippen LogP contribution in [-0.2, 0) is 14.8 Å². The summed E-state index contributed by atoms with van der Waals surface area (Å²) in [6.45, 7) is 0. The first-order valence-electron chi connectivity index (χ1n) is 8.24. The number of sulfonamides is 1. The molecule has 1 saturated heterocycles. The molecule has 2 aliphatic rings. The van der Waals surface area contributed by atoms with E-state index in [1.165, 1.54) is 4.31 Å². The molecule has 2 aromatic rings. The maximum absolute atomic E-state index is 13.4. The van der Waals surface area contributed by atoms with Crippen LogP contribution in [0.5, 0.6) is 0 Å². The van der Waals surface area contributed by atoms with Crippen LogP contribution < -0.4 is 0 Å². The van der Waals surface area contributed by atoms with E-state index in [-0.39, 0.29) is 16.9 Å². The van der Waals surface area contributed by atoms with Crippen molar-refractivity contribution in [2.24, 2.45) is 5.92 Å². The van der Waals surface area contributed by atoms with Crippen molar-refractivity contribution < 1.29 is 18.3 Å². The fraction of sp³-hybridized carbons (Fsp3) is 0.389. The van der Waals surface area contributed by atoms with Crippen LogP contribution in [0.15, 0.2) is 47.4 Å². The first kappa shape index (κ1) is 15.6. The van der Waals surface area contributed by atoms with Crippen LogP contribution in [0.4, 0.5) is 0 Å². The van der Waals surface area contributed by atoms with E-state index in [0.717, 1.165) is 24.6 Å². The number of rotatable bonds is 3. The molecule has 0 radical (unpaired) electrons. The molecule has 2 aromatic carbocycles. The van der Waals surface area contributed by atoms with Gasteiger partial charge in [-0.05, 0) is 36.6 Å². The fourth-order valence-corrected chi connectivity index (χ4v) is 6.43. The molecule has 1 saturated carbocycles. The number of benzene rings is 2. The number of carboxylic acid groups (broad SMARTS) is 1. The zero-order chi connectivity index (χ0) is 16.9. The highest BCUT2D eigenvalue weighted by Crippen LogP contribution is 2.44. The maximum Gasteiger partial charge on any atom is 0.322 e. The number of nitrogens with zero attached hydrogens (tertiary/aromatic N) is 1. The molecule has 4 rings (SSSR count). The van der Waals surface area contributed by atoms with Gasteiger partial charge in [0.05, 0.1) is 4.90 Å². The lowest BCUT2D eigenvalue weighted by Gasteiger charge is -2.27. The van der Waals surface area contributed by atoms with Crippen molar-refractivity contribution in [2.45, 2.75) is 42.7 Å². The summed E-state index contributed by atoms with van der Waals surface area (Å²) < 4.78 is 28.0. The van der Waals surface area contributed by atoms with Gasteiger partial charge in [-0.25, -0.2) is 8.42 Å². The molecule has 6 heteroatoms. The molecule has 1 aliphatic carbocycles. The normalized spacial score (nSPS) is 27.4. The Morgan fingerprint density at radius 2 is 1.83 bits per heavy atom. The molecule has 2 fully saturated rings. The van der Waals surface area contributed by atoms with Crippen molar-refractivity contribution in [3.05, 3.63) is 42.5 Å². The molecule has 1 heterocycles. The van der Waals surface area contributed by atoms with E-state index < -0.39 is 22.0 Å². The van der Waals surface area contributed by atoms with Crippen LogP contribution in [0.25, 0.3) is 10.8 Å². The lowest BCUT2D eigenvalue weighted by Crippen LogP contribution is -2.44. The van der Waals surface area contributed by atoms with E-state index in [9.17, 15) is 18.3 Å². The van der Waals surface area contributed by atoms with Gasteiger partial charge in [-0.3, -0.25) is 4.79 Å². The zero-order valence-electron chi connectivity index (χ0n) is 13.1. The topological polar surface area (TPSA) is 74.7 Å². The van der Waals surface area contributed by atoms with Crippen LogP contribution in [0, 0.1) is 5.92 Å². The second-order valence-electron chi connectivity index (χ2n) is 6.66. The Kier molecular flexibility index (Phi) is 3.62. The monoisotopic (exact) mass is 345 g/mol. The van der Waals surface area contributed by atoms with Gasteiger partial charge in [-0.15, -0.1) is 0 Å². The number of hydrogen-bond donors (Lipinski definition) is 1. The van der Waals surface area contributed by atoms with E-state index >= 15 is 0 Å². The summed E-state index contributed by atoms with van der Waals surface area (Å²) in [5.74, 6) is -0.885. The van der Waals surface area contributed by atoms with Crippen LogP contribution in [0.1, 0.15) is 25.7 Å². The maximum atomic E-state index is 13.4. The average molecular weight is 345 g/mol. The van der Waals surface area contributed by atoms with Crippen LogP contribution >= 0.6 is 0 Å². The predicted octanol–water partition coefficient (Wildman–Crippen LogP) is 2.86. The molecular weight excluding hydrogens is 326 g/mol. The van der Waals surface area contributed by atoms with Gasteiger partial charge < -0.3 is 5.11 Å². The van der Waals surface area contributed by atoms with Gasteiger partial charge in [0.2, 0.25) is 10.0 Å². The number of carbonyl (C=O) groups is 1. The van der Waals surface area contributed by atoms with E-state index in [0.29, 0.717) is 11.8 Å². The number of fused-ring (bicyclic) bond motifs is 2. The SMILES string of the molecule is O=C(O)C1CC2CCCC2N1S(=O)(=O)c1cccc2ccccc12. The van der Waals surface area contributed by atoms with Crippen molar-refractivity contribution in [3.8, 4) is 0 Å². The Bertz CT molecular complexity index is 903. The second kappa shape index (κ2) is 5.57. The standard InChI is InChI=1S/C18H19NO4S/c20-18(21)16-11-13-7-3-9-15(13)19(16)24(22,23)17-10-4-6-12-5-1-2-8-14(12)17/h1-2,4-6,8,10,13,15-16H,3,7,9,11H2,(H,20,21). The summed E-state index contributed by atoms with van der Waals surface area (Å²) in [6, 6.07) is 11.3. The Labute approximate surface area is 140 Å². The van der Waals surface area contributed by atoms with Gasteiger partial charge in [0.1, 0.15) is 6.04 Å². The Balaban J connectivity index is 1.88. The van der Waals surface area contributed by atoms with Crippen LogP contribution in [0.2, 0.25) is 0 Å². The Hall–Kier alpha value is -1.92. The third kappa shape index (κ3) is 2.24. The van der Waals surface area contributed by atoms with Gasteiger partial charge >= 0.3 is 5.97 Å². The highest BCUT2D eigenvalue weighted by Gasteiger charge is 2.52. The average Bonchev–Trinajstić information content (AvgIpc) is 3.14. The third-order valence-electron chi connectivity index (χ3n) is 5.37. The highest BCUT2D eigenvalue weighted by molar-refractivity contribution is 7.89. The van der Waals surface area contributed by atoms with Crippen LogP contribution in [-0.4, -0.2) is 35.9 Å². The predicted molar refractivity (Wildman–Crippen MR) is 90.1 cm³/mol. The van der Waals surface area contributed by atoms with E-state index in [4.69, 9.17) is 0 Å². The molecular formula is C18H19NO4S. The zero-order valence-corrected chi connectivity index (χ0v) is 13.9. The van der Waals surface area contributed by atoms with Gasteiger partial charge in [0.25, 0.3) is 0 Å². The van der Waals surface area contributed by atoms with Gasteiger partial charge in [-0.1, -0.05) is 42.8 Å². The quantitative estimate of drug-likeness (QED) is 0.928. The molecule has 126 valence electrons.